The molecule has 0 aliphatic carbocycles. The second kappa shape index (κ2) is 9.03. The van der Waals surface area contributed by atoms with Crippen molar-refractivity contribution in [2.24, 2.45) is 5.92 Å². The summed E-state index contributed by atoms with van der Waals surface area (Å²) >= 11 is 0. The molecule has 0 bridgehead atoms. The lowest BCUT2D eigenvalue weighted by Crippen LogP contribution is -2.42. The van der Waals surface area contributed by atoms with Crippen molar-refractivity contribution in [3.63, 3.8) is 0 Å². The number of carbonyl (C=O) groups excluding carboxylic acids is 1. The molecule has 1 amide bonds. The number of nitrogens with zero attached hydrogens (tertiary/aromatic N) is 1. The number of sulfonamides is 1. The first-order valence-electron chi connectivity index (χ1n) is 9.61. The van der Waals surface area contributed by atoms with E-state index in [1.54, 1.807) is 6.92 Å². The van der Waals surface area contributed by atoms with Gasteiger partial charge in [0.25, 0.3) is 0 Å². The normalized spacial score (nSPS) is 21.9. The summed E-state index contributed by atoms with van der Waals surface area (Å²) in [5.74, 6) is 0.555. The predicted octanol–water partition coefficient (Wildman–Crippen LogP) is 2.24. The molecule has 8 heteroatoms. The third-order valence-electron chi connectivity index (χ3n) is 5.14. The maximum Gasteiger partial charge on any atom is 0.227 e. The van der Waals surface area contributed by atoms with E-state index < -0.39 is 10.0 Å². The Bertz CT molecular complexity index is 738. The van der Waals surface area contributed by atoms with Gasteiger partial charge in [-0.15, -0.1) is 0 Å². The van der Waals surface area contributed by atoms with Gasteiger partial charge < -0.3 is 14.8 Å². The number of amides is 1. The molecule has 2 aliphatic rings. The Labute approximate surface area is 161 Å². The highest BCUT2D eigenvalue weighted by atomic mass is 32.2. The highest BCUT2D eigenvalue weighted by Gasteiger charge is 2.30. The van der Waals surface area contributed by atoms with E-state index in [1.165, 1.54) is 4.31 Å². The van der Waals surface area contributed by atoms with E-state index in [1.807, 2.05) is 24.3 Å². The highest BCUT2D eigenvalue weighted by molar-refractivity contribution is 7.89. The Kier molecular flexibility index (Phi) is 6.73. The van der Waals surface area contributed by atoms with Gasteiger partial charge >= 0.3 is 0 Å². The number of piperidine rings is 1. The van der Waals surface area contributed by atoms with Crippen molar-refractivity contribution in [3.05, 3.63) is 24.3 Å². The highest BCUT2D eigenvalue weighted by Crippen LogP contribution is 2.24. The number of nitrogens with one attached hydrogen (secondary N) is 1. The quantitative estimate of drug-likeness (QED) is 0.764. The SMILES string of the molecule is CCS(=O)(=O)N1CCC(C(=O)Nc2cccc(OCC3CCCO3)c2)CC1. The van der Waals surface area contributed by atoms with Gasteiger partial charge in [0.2, 0.25) is 15.9 Å². The zero-order chi connectivity index (χ0) is 19.3. The van der Waals surface area contributed by atoms with Crippen molar-refractivity contribution in [3.8, 4) is 5.75 Å². The summed E-state index contributed by atoms with van der Waals surface area (Å²) < 4.78 is 36.6. The molecule has 3 rings (SSSR count). The van der Waals surface area contributed by atoms with E-state index in [0.29, 0.717) is 44.0 Å². The summed E-state index contributed by atoms with van der Waals surface area (Å²) in [5, 5.41) is 2.93. The van der Waals surface area contributed by atoms with E-state index in [-0.39, 0.29) is 23.7 Å². The summed E-state index contributed by atoms with van der Waals surface area (Å²) in [7, 11) is -3.17. The van der Waals surface area contributed by atoms with Crippen molar-refractivity contribution >= 4 is 21.6 Å². The van der Waals surface area contributed by atoms with E-state index in [2.05, 4.69) is 5.32 Å². The topological polar surface area (TPSA) is 84.9 Å². The van der Waals surface area contributed by atoms with E-state index in [9.17, 15) is 13.2 Å². The number of benzene rings is 1. The fourth-order valence-corrected chi connectivity index (χ4v) is 4.58. The van der Waals surface area contributed by atoms with Crippen LogP contribution in [0.15, 0.2) is 24.3 Å². The molecule has 0 saturated carbocycles. The van der Waals surface area contributed by atoms with Gasteiger partial charge in [-0.25, -0.2) is 12.7 Å². The molecule has 27 heavy (non-hydrogen) atoms. The van der Waals surface area contributed by atoms with Gasteiger partial charge in [-0.1, -0.05) is 6.07 Å². The van der Waals surface area contributed by atoms with Crippen LogP contribution in [-0.4, -0.2) is 56.8 Å². The van der Waals surface area contributed by atoms with Crippen LogP contribution >= 0.6 is 0 Å². The van der Waals surface area contributed by atoms with E-state index in [4.69, 9.17) is 9.47 Å². The Morgan fingerprint density at radius 3 is 2.74 bits per heavy atom. The second-order valence-corrected chi connectivity index (χ2v) is 9.29. The minimum Gasteiger partial charge on any atom is -0.491 e. The molecule has 1 aromatic rings. The maximum absolute atomic E-state index is 12.5. The summed E-state index contributed by atoms with van der Waals surface area (Å²) in [6.45, 7) is 3.75. The van der Waals surface area contributed by atoms with Crippen molar-refractivity contribution in [1.82, 2.24) is 4.31 Å². The molecule has 0 spiro atoms. The average Bonchev–Trinajstić information content (AvgIpc) is 3.20. The van der Waals surface area contributed by atoms with Crippen LogP contribution in [0.5, 0.6) is 5.75 Å². The molecule has 1 N–H and O–H groups in total. The summed E-state index contributed by atoms with van der Waals surface area (Å²) in [6, 6.07) is 7.34. The van der Waals surface area contributed by atoms with Crippen LogP contribution in [0.3, 0.4) is 0 Å². The van der Waals surface area contributed by atoms with Crippen molar-refractivity contribution in [2.45, 2.75) is 38.7 Å². The standard InChI is InChI=1S/C19H28N2O5S/c1-2-27(23,24)21-10-8-15(9-11-21)19(22)20-16-5-3-6-17(13-16)26-14-18-7-4-12-25-18/h3,5-6,13,15,18H,2,4,7-12,14H2,1H3,(H,20,22). The van der Waals surface area contributed by atoms with Gasteiger partial charge in [-0.2, -0.15) is 0 Å². The number of hydrogen-bond donors (Lipinski definition) is 1. The second-order valence-electron chi connectivity index (χ2n) is 7.04. The molecule has 150 valence electrons. The molecule has 0 radical (unpaired) electrons. The number of rotatable bonds is 7. The summed E-state index contributed by atoms with van der Waals surface area (Å²) in [6.07, 6.45) is 3.32. The van der Waals surface area contributed by atoms with Gasteiger partial charge in [-0.05, 0) is 44.7 Å². The van der Waals surface area contributed by atoms with Gasteiger partial charge in [0.1, 0.15) is 12.4 Å². The van der Waals surface area contributed by atoms with Crippen LogP contribution in [0.1, 0.15) is 32.6 Å². The number of hydrogen-bond acceptors (Lipinski definition) is 5. The zero-order valence-electron chi connectivity index (χ0n) is 15.7. The van der Waals surface area contributed by atoms with Gasteiger partial charge in [0.15, 0.2) is 0 Å². The lowest BCUT2D eigenvalue weighted by atomic mass is 9.97. The van der Waals surface area contributed by atoms with E-state index in [0.717, 1.165) is 19.4 Å². The molecule has 2 saturated heterocycles. The first-order valence-corrected chi connectivity index (χ1v) is 11.2. The van der Waals surface area contributed by atoms with Crippen molar-refractivity contribution in [2.75, 3.05) is 37.4 Å². The third-order valence-corrected chi connectivity index (χ3v) is 7.03. The predicted molar refractivity (Wildman–Crippen MR) is 103 cm³/mol. The minimum absolute atomic E-state index is 0.0696. The zero-order valence-corrected chi connectivity index (χ0v) is 16.5. The molecule has 7 nitrogen and oxygen atoms in total. The fraction of sp³-hybridized carbons (Fsp3) is 0.632. The Hall–Kier alpha value is -1.64. The van der Waals surface area contributed by atoms with Crippen LogP contribution < -0.4 is 10.1 Å². The largest absolute Gasteiger partial charge is 0.491 e. The average molecular weight is 397 g/mol. The summed E-state index contributed by atoms with van der Waals surface area (Å²) in [5.41, 5.74) is 0.688. The molecular formula is C19H28N2O5S. The lowest BCUT2D eigenvalue weighted by Gasteiger charge is -2.30. The van der Waals surface area contributed by atoms with E-state index >= 15 is 0 Å². The minimum atomic E-state index is -3.17. The summed E-state index contributed by atoms with van der Waals surface area (Å²) in [4.78, 5) is 12.5. The molecule has 2 heterocycles. The van der Waals surface area contributed by atoms with Crippen LogP contribution in [0.4, 0.5) is 5.69 Å². The molecule has 2 aliphatic heterocycles. The molecule has 1 unspecified atom stereocenters. The monoisotopic (exact) mass is 396 g/mol. The third kappa shape index (κ3) is 5.43. The molecule has 0 aromatic heterocycles. The molecule has 1 aromatic carbocycles. The van der Waals surface area contributed by atoms with Gasteiger partial charge in [0.05, 0.1) is 11.9 Å². The number of ether oxygens (including phenoxy) is 2. The Balaban J connectivity index is 1.50. The van der Waals surface area contributed by atoms with Crippen LogP contribution in [0, 0.1) is 5.92 Å². The van der Waals surface area contributed by atoms with Crippen molar-refractivity contribution < 1.29 is 22.7 Å². The molecular weight excluding hydrogens is 368 g/mol. The molecule has 2 fully saturated rings. The number of anilines is 1. The lowest BCUT2D eigenvalue weighted by molar-refractivity contribution is -0.120. The first-order chi connectivity index (χ1) is 13.0. The Morgan fingerprint density at radius 2 is 2.07 bits per heavy atom. The smallest absolute Gasteiger partial charge is 0.227 e. The van der Waals surface area contributed by atoms with Crippen LogP contribution in [0.25, 0.3) is 0 Å². The van der Waals surface area contributed by atoms with Gasteiger partial charge in [0, 0.05) is 37.4 Å². The number of carbonyl (C=O) groups is 1. The van der Waals surface area contributed by atoms with Crippen LogP contribution in [0.2, 0.25) is 0 Å². The van der Waals surface area contributed by atoms with Crippen LogP contribution in [-0.2, 0) is 19.6 Å². The first kappa shape index (κ1) is 20.1. The van der Waals surface area contributed by atoms with Crippen molar-refractivity contribution in [1.29, 1.82) is 0 Å². The fourth-order valence-electron chi connectivity index (χ4n) is 3.45. The Morgan fingerprint density at radius 1 is 1.30 bits per heavy atom. The van der Waals surface area contributed by atoms with Gasteiger partial charge in [-0.3, -0.25) is 4.79 Å². The maximum atomic E-state index is 12.5. The molecule has 1 atom stereocenters.